The summed E-state index contributed by atoms with van der Waals surface area (Å²) >= 11 is 13.0. The summed E-state index contributed by atoms with van der Waals surface area (Å²) in [5.74, 6) is -1.74. The number of carbonyl (C=O) groups excluding carboxylic acids is 4. The van der Waals surface area contributed by atoms with E-state index in [1.54, 1.807) is 48.5 Å². The maximum absolute atomic E-state index is 13.3. The predicted octanol–water partition coefficient (Wildman–Crippen LogP) is 4.20. The normalized spacial score (nSPS) is 15.0. The number of ether oxygens (including phenoxy) is 1. The van der Waals surface area contributed by atoms with Gasteiger partial charge in [-0.25, -0.2) is 4.79 Å². The van der Waals surface area contributed by atoms with Crippen molar-refractivity contribution in [2.75, 3.05) is 13.3 Å². The summed E-state index contributed by atoms with van der Waals surface area (Å²) in [6.07, 6.45) is 0.305. The summed E-state index contributed by atoms with van der Waals surface area (Å²) in [4.78, 5) is 52.1. The van der Waals surface area contributed by atoms with Gasteiger partial charge in [0.05, 0.1) is 12.6 Å². The number of halogens is 3. The molecule has 222 valence electrons. The van der Waals surface area contributed by atoms with Gasteiger partial charge in [-0.15, -0.1) is 12.4 Å². The van der Waals surface area contributed by atoms with Gasteiger partial charge in [-0.3, -0.25) is 23.6 Å². The molecular weight excluding hydrogens is 625 g/mol. The predicted molar refractivity (Wildman–Crippen MR) is 164 cm³/mol. The maximum Gasteiger partial charge on any atom is 0.335 e. The molecule has 2 atom stereocenters. The molecule has 1 unspecified atom stereocenters. The molecule has 0 aliphatic carbocycles. The Morgan fingerprint density at radius 2 is 1.55 bits per heavy atom. The fraction of sp³-hybridized carbons (Fsp3) is 0.214. The van der Waals surface area contributed by atoms with Crippen LogP contribution in [0.15, 0.2) is 78.9 Å². The third-order valence-corrected chi connectivity index (χ3v) is 7.59. The molecule has 0 saturated carbocycles. The molecule has 1 aliphatic heterocycles. The van der Waals surface area contributed by atoms with Crippen LogP contribution in [0.1, 0.15) is 21.5 Å². The van der Waals surface area contributed by atoms with Crippen molar-refractivity contribution in [3.05, 3.63) is 106 Å². The van der Waals surface area contributed by atoms with E-state index in [0.717, 1.165) is 23.1 Å². The fourth-order valence-corrected chi connectivity index (χ4v) is 5.13. The van der Waals surface area contributed by atoms with Crippen molar-refractivity contribution in [2.24, 2.45) is 5.73 Å². The van der Waals surface area contributed by atoms with Crippen molar-refractivity contribution in [1.29, 1.82) is 0 Å². The molecule has 10 nitrogen and oxygen atoms in total. The van der Waals surface area contributed by atoms with E-state index in [9.17, 15) is 19.2 Å². The lowest BCUT2D eigenvalue weighted by Crippen LogP contribution is -2.47. The monoisotopic (exact) mass is 651 g/mol. The highest BCUT2D eigenvalue weighted by molar-refractivity contribution is 7.98. The zero-order chi connectivity index (χ0) is 29.4. The summed E-state index contributed by atoms with van der Waals surface area (Å²) in [6.45, 7) is -0.681. The Kier molecular flexibility index (Phi) is 12.3. The molecule has 0 spiro atoms. The average Bonchev–Trinajstić information content (AvgIpc) is 3.25. The molecule has 14 heteroatoms. The van der Waals surface area contributed by atoms with Gasteiger partial charge in [-0.1, -0.05) is 65.7 Å². The molecule has 0 radical (unpaired) electrons. The van der Waals surface area contributed by atoms with E-state index in [0.29, 0.717) is 22.0 Å². The van der Waals surface area contributed by atoms with E-state index in [1.807, 2.05) is 30.3 Å². The number of urea groups is 1. The third-order valence-electron chi connectivity index (χ3n) is 5.98. The highest BCUT2D eigenvalue weighted by Gasteiger charge is 2.40. The number of esters is 1. The van der Waals surface area contributed by atoms with Gasteiger partial charge in [0.1, 0.15) is 6.54 Å². The molecule has 1 saturated heterocycles. The Labute approximate surface area is 263 Å². The number of nitrogens with two attached hydrogens (primary N) is 1. The van der Waals surface area contributed by atoms with Crippen LogP contribution >= 0.6 is 47.6 Å². The topological polar surface area (TPSA) is 134 Å². The molecule has 0 bridgehead atoms. The van der Waals surface area contributed by atoms with Crippen LogP contribution in [-0.4, -0.2) is 57.8 Å². The fourth-order valence-electron chi connectivity index (χ4n) is 3.79. The molecule has 4 N–H and O–H groups in total. The third kappa shape index (κ3) is 9.27. The zero-order valence-electron chi connectivity index (χ0n) is 22.1. The Hall–Kier alpha value is -3.48. The van der Waals surface area contributed by atoms with Gasteiger partial charge >= 0.3 is 12.0 Å². The first-order valence-electron chi connectivity index (χ1n) is 12.5. The number of nitrogens with zero attached hydrogens (tertiary/aromatic N) is 2. The van der Waals surface area contributed by atoms with Crippen LogP contribution in [0.5, 0.6) is 0 Å². The molecule has 1 fully saturated rings. The van der Waals surface area contributed by atoms with Crippen molar-refractivity contribution in [3.8, 4) is 0 Å². The smallest absolute Gasteiger partial charge is 0.335 e. The van der Waals surface area contributed by atoms with Gasteiger partial charge in [0.25, 0.3) is 5.91 Å². The molecule has 1 aliphatic rings. The molecule has 3 aromatic rings. The Bertz CT molecular complexity index is 1380. The van der Waals surface area contributed by atoms with E-state index >= 15 is 0 Å². The number of benzene rings is 3. The summed E-state index contributed by atoms with van der Waals surface area (Å²) in [5, 5.41) is 6.27. The zero-order valence-corrected chi connectivity index (χ0v) is 25.2. The Morgan fingerprint density at radius 3 is 2.19 bits per heavy atom. The lowest BCUT2D eigenvalue weighted by molar-refractivity contribution is -0.147. The highest BCUT2D eigenvalue weighted by Crippen LogP contribution is 2.31. The molecule has 4 rings (SSSR count). The van der Waals surface area contributed by atoms with Crippen LogP contribution < -0.4 is 16.4 Å². The molecule has 4 amide bonds. The lowest BCUT2D eigenvalue weighted by Gasteiger charge is -2.22. The number of carbonyl (C=O) groups is 4. The lowest BCUT2D eigenvalue weighted by atomic mass is 10.1. The van der Waals surface area contributed by atoms with Crippen LogP contribution in [0.2, 0.25) is 10.0 Å². The van der Waals surface area contributed by atoms with Gasteiger partial charge in [0, 0.05) is 27.6 Å². The van der Waals surface area contributed by atoms with Crippen LogP contribution in [0, 0.1) is 0 Å². The summed E-state index contributed by atoms with van der Waals surface area (Å²) in [5.41, 5.74) is 7.12. The minimum absolute atomic E-state index is 0. The molecule has 42 heavy (non-hydrogen) atoms. The molecule has 0 aromatic heterocycles. The SMILES string of the molecule is Cl.N[C@@H](Cc1ccccc1)C(=O)NCC(=O)OCN1C(=O)N(Cc2ccc(Cl)cc2)SC1NC(=O)c1ccc(Cl)cc1. The van der Waals surface area contributed by atoms with Crippen LogP contribution in [0.25, 0.3) is 0 Å². The van der Waals surface area contributed by atoms with E-state index < -0.39 is 48.6 Å². The van der Waals surface area contributed by atoms with Crippen LogP contribution in [0.4, 0.5) is 4.79 Å². The van der Waals surface area contributed by atoms with Crippen LogP contribution in [0.3, 0.4) is 0 Å². The maximum atomic E-state index is 13.3. The van der Waals surface area contributed by atoms with Crippen molar-refractivity contribution < 1.29 is 23.9 Å². The number of nitrogens with one attached hydrogen (secondary N) is 2. The van der Waals surface area contributed by atoms with Gasteiger partial charge < -0.3 is 21.1 Å². The summed E-state index contributed by atoms with van der Waals surface area (Å²) in [6, 6.07) is 21.2. The Morgan fingerprint density at radius 1 is 0.929 bits per heavy atom. The quantitative estimate of drug-likeness (QED) is 0.209. The number of rotatable bonds is 11. The van der Waals surface area contributed by atoms with Gasteiger partial charge in [0.15, 0.2) is 12.2 Å². The Balaban J connectivity index is 0.00000484. The van der Waals surface area contributed by atoms with E-state index in [1.165, 1.54) is 9.21 Å². The molecule has 3 aromatic carbocycles. The standard InChI is InChI=1S/C28H27Cl2N5O5S.ClH/c29-21-10-6-19(7-11-21)16-35-28(39)34(27(41-35)33-25(37)20-8-12-22(30)13-9-20)17-40-24(36)15-32-26(38)23(31)14-18-4-2-1-3-5-18;/h1-13,23,27H,14-17,31H2,(H,32,38)(H,33,37);1H/t23-,27?;/m0./s1. The molecular formula is C28H28Cl3N5O5S. The van der Waals surface area contributed by atoms with Crippen molar-refractivity contribution in [2.45, 2.75) is 24.5 Å². The van der Waals surface area contributed by atoms with E-state index in [2.05, 4.69) is 10.6 Å². The summed E-state index contributed by atoms with van der Waals surface area (Å²) < 4.78 is 6.72. The number of hydrogen-bond acceptors (Lipinski definition) is 7. The summed E-state index contributed by atoms with van der Waals surface area (Å²) in [7, 11) is 0. The minimum Gasteiger partial charge on any atom is -0.443 e. The second-order valence-electron chi connectivity index (χ2n) is 9.01. The second-order valence-corrected chi connectivity index (χ2v) is 11.0. The average molecular weight is 653 g/mol. The molecule has 1 heterocycles. The largest absolute Gasteiger partial charge is 0.443 e. The number of hydrogen-bond donors (Lipinski definition) is 3. The first kappa shape index (κ1) is 33.0. The van der Waals surface area contributed by atoms with Crippen LogP contribution in [-0.2, 0) is 27.3 Å². The van der Waals surface area contributed by atoms with Gasteiger partial charge in [0.2, 0.25) is 5.91 Å². The van der Waals surface area contributed by atoms with Crippen molar-refractivity contribution >= 4 is 71.4 Å². The first-order valence-corrected chi connectivity index (χ1v) is 14.1. The minimum atomic E-state index is -0.875. The van der Waals surface area contributed by atoms with Gasteiger partial charge in [-0.05, 0) is 53.9 Å². The highest BCUT2D eigenvalue weighted by atomic mass is 35.5. The van der Waals surface area contributed by atoms with E-state index in [4.69, 9.17) is 33.7 Å². The van der Waals surface area contributed by atoms with E-state index in [-0.39, 0.29) is 19.0 Å². The number of amides is 4. The van der Waals surface area contributed by atoms with Crippen molar-refractivity contribution in [1.82, 2.24) is 19.8 Å². The first-order chi connectivity index (χ1) is 19.7. The van der Waals surface area contributed by atoms with Crippen molar-refractivity contribution in [3.63, 3.8) is 0 Å². The van der Waals surface area contributed by atoms with Gasteiger partial charge in [-0.2, -0.15) is 0 Å². The second kappa shape index (κ2) is 15.7.